The van der Waals surface area contributed by atoms with Gasteiger partial charge in [0.25, 0.3) is 0 Å². The third-order valence-electron chi connectivity index (χ3n) is 3.66. The summed E-state index contributed by atoms with van der Waals surface area (Å²) in [4.78, 5) is 5.62. The van der Waals surface area contributed by atoms with Crippen LogP contribution < -0.4 is 10.5 Å². The molecule has 0 radical (unpaired) electrons. The summed E-state index contributed by atoms with van der Waals surface area (Å²) >= 11 is 1.87. The van der Waals surface area contributed by atoms with Crippen LogP contribution in [0.3, 0.4) is 0 Å². The van der Waals surface area contributed by atoms with Crippen molar-refractivity contribution in [1.82, 2.24) is 4.98 Å². The number of fused-ring (bicyclic) bond motifs is 1. The molecule has 0 saturated heterocycles. The van der Waals surface area contributed by atoms with Crippen LogP contribution in [-0.2, 0) is 6.42 Å². The van der Waals surface area contributed by atoms with Crippen LogP contribution in [0, 0.1) is 0 Å². The van der Waals surface area contributed by atoms with E-state index < -0.39 is 0 Å². The Kier molecular flexibility index (Phi) is 4.46. The number of rotatable bonds is 5. The van der Waals surface area contributed by atoms with Crippen LogP contribution in [0.2, 0.25) is 0 Å². The lowest BCUT2D eigenvalue weighted by atomic mass is 10.0. The zero-order valence-electron chi connectivity index (χ0n) is 12.2. The predicted octanol–water partition coefficient (Wildman–Crippen LogP) is 3.59. The molecule has 0 bridgehead atoms. The van der Waals surface area contributed by atoms with E-state index >= 15 is 0 Å². The maximum Gasteiger partial charge on any atom is 0.137 e. The number of thioether (sulfide) groups is 1. The van der Waals surface area contributed by atoms with E-state index in [2.05, 4.69) is 36.2 Å². The molecule has 1 aromatic heterocycles. The van der Waals surface area contributed by atoms with E-state index in [9.17, 15) is 0 Å². The Bertz CT molecular complexity index is 592. The van der Waals surface area contributed by atoms with Crippen LogP contribution in [0.5, 0.6) is 5.75 Å². The number of nitrogens with zero attached hydrogens (tertiary/aromatic N) is 1. The first-order valence-corrected chi connectivity index (χ1v) is 8.23. The number of pyridine rings is 1. The van der Waals surface area contributed by atoms with Crippen LogP contribution >= 0.6 is 11.8 Å². The molecular weight excluding hydrogens is 280 g/mol. The second-order valence-corrected chi connectivity index (χ2v) is 6.58. The predicted molar refractivity (Wildman–Crippen MR) is 86.7 cm³/mol. The molecule has 0 saturated carbocycles. The van der Waals surface area contributed by atoms with Crippen molar-refractivity contribution in [1.29, 1.82) is 0 Å². The van der Waals surface area contributed by atoms with Crippen molar-refractivity contribution in [2.45, 2.75) is 36.0 Å². The summed E-state index contributed by atoms with van der Waals surface area (Å²) in [6.45, 7) is 2.80. The van der Waals surface area contributed by atoms with Crippen LogP contribution in [-0.4, -0.2) is 16.8 Å². The van der Waals surface area contributed by atoms with Gasteiger partial charge in [0.05, 0.1) is 12.8 Å². The molecule has 4 heteroatoms. The number of hydrogen-bond donors (Lipinski definition) is 1. The van der Waals surface area contributed by atoms with E-state index in [0.29, 0.717) is 11.9 Å². The molecule has 2 N–H and O–H groups in total. The van der Waals surface area contributed by atoms with Gasteiger partial charge in [-0.1, -0.05) is 25.1 Å². The van der Waals surface area contributed by atoms with Gasteiger partial charge in [-0.15, -0.1) is 11.8 Å². The fourth-order valence-electron chi connectivity index (χ4n) is 2.54. The van der Waals surface area contributed by atoms with E-state index in [4.69, 9.17) is 10.5 Å². The van der Waals surface area contributed by atoms with E-state index in [0.717, 1.165) is 24.2 Å². The molecule has 0 amide bonds. The van der Waals surface area contributed by atoms with Crippen molar-refractivity contribution >= 4 is 11.8 Å². The Hall–Kier alpha value is -1.52. The lowest BCUT2D eigenvalue weighted by Gasteiger charge is -2.19. The summed E-state index contributed by atoms with van der Waals surface area (Å²) in [5.41, 5.74) is 8.91. The van der Waals surface area contributed by atoms with Crippen molar-refractivity contribution in [2.75, 3.05) is 6.61 Å². The molecule has 3 rings (SSSR count). The van der Waals surface area contributed by atoms with Crippen LogP contribution in [0.1, 0.15) is 30.5 Å². The maximum atomic E-state index is 6.46. The van der Waals surface area contributed by atoms with Crippen molar-refractivity contribution in [2.24, 2.45) is 5.73 Å². The molecule has 21 heavy (non-hydrogen) atoms. The third-order valence-corrected chi connectivity index (χ3v) is 5.08. The maximum absolute atomic E-state index is 6.46. The van der Waals surface area contributed by atoms with Crippen molar-refractivity contribution < 1.29 is 4.74 Å². The summed E-state index contributed by atoms with van der Waals surface area (Å²) < 4.78 is 5.65. The molecule has 0 aliphatic carbocycles. The normalized spacial score (nSPS) is 18.3. The monoisotopic (exact) mass is 300 g/mol. The van der Waals surface area contributed by atoms with Gasteiger partial charge in [0.2, 0.25) is 0 Å². The van der Waals surface area contributed by atoms with Gasteiger partial charge in [-0.05, 0) is 36.1 Å². The van der Waals surface area contributed by atoms with Gasteiger partial charge in [0.15, 0.2) is 0 Å². The topological polar surface area (TPSA) is 48.1 Å². The van der Waals surface area contributed by atoms with Gasteiger partial charge < -0.3 is 10.5 Å². The highest BCUT2D eigenvalue weighted by Crippen LogP contribution is 2.41. The summed E-state index contributed by atoms with van der Waals surface area (Å²) in [6.07, 6.45) is 5.61. The molecular formula is C17H20N2OS. The van der Waals surface area contributed by atoms with Crippen LogP contribution in [0.15, 0.2) is 47.6 Å². The molecule has 0 fully saturated rings. The summed E-state index contributed by atoms with van der Waals surface area (Å²) in [6, 6.07) is 10.5. The van der Waals surface area contributed by atoms with Crippen molar-refractivity contribution in [3.63, 3.8) is 0 Å². The number of nitrogens with two attached hydrogens (primary N) is 1. The SMILES string of the molecule is CCCOc1cncc(C(N)C2Cc3ccccc3S2)c1. The van der Waals surface area contributed by atoms with Gasteiger partial charge in [0, 0.05) is 22.4 Å². The lowest BCUT2D eigenvalue weighted by molar-refractivity contribution is 0.315. The number of ether oxygens (including phenoxy) is 1. The van der Waals surface area contributed by atoms with E-state index in [1.54, 1.807) is 6.20 Å². The Morgan fingerprint density at radius 1 is 1.38 bits per heavy atom. The minimum Gasteiger partial charge on any atom is -0.492 e. The second-order valence-electron chi connectivity index (χ2n) is 5.30. The fourth-order valence-corrected chi connectivity index (χ4v) is 3.89. The van der Waals surface area contributed by atoms with E-state index in [1.165, 1.54) is 10.5 Å². The highest BCUT2D eigenvalue weighted by Gasteiger charge is 2.28. The average Bonchev–Trinajstić information content (AvgIpc) is 2.96. The summed E-state index contributed by atoms with van der Waals surface area (Å²) in [5, 5.41) is 0.366. The highest BCUT2D eigenvalue weighted by molar-refractivity contribution is 8.00. The molecule has 110 valence electrons. The van der Waals surface area contributed by atoms with E-state index in [-0.39, 0.29) is 6.04 Å². The zero-order valence-corrected chi connectivity index (χ0v) is 13.0. The molecule has 2 unspecified atom stereocenters. The minimum absolute atomic E-state index is 0.0277. The Balaban J connectivity index is 1.73. The van der Waals surface area contributed by atoms with Gasteiger partial charge in [-0.2, -0.15) is 0 Å². The van der Waals surface area contributed by atoms with Crippen molar-refractivity contribution in [3.05, 3.63) is 53.9 Å². The second kappa shape index (κ2) is 6.50. The Morgan fingerprint density at radius 3 is 3.05 bits per heavy atom. The van der Waals surface area contributed by atoms with E-state index in [1.807, 2.05) is 24.0 Å². The molecule has 3 nitrogen and oxygen atoms in total. The minimum atomic E-state index is -0.0277. The van der Waals surface area contributed by atoms with Gasteiger partial charge in [-0.25, -0.2) is 0 Å². The average molecular weight is 300 g/mol. The fraction of sp³-hybridized carbons (Fsp3) is 0.353. The highest BCUT2D eigenvalue weighted by atomic mass is 32.2. The smallest absolute Gasteiger partial charge is 0.137 e. The third kappa shape index (κ3) is 3.22. The molecule has 2 aromatic rings. The first kappa shape index (κ1) is 14.4. The zero-order chi connectivity index (χ0) is 14.7. The largest absolute Gasteiger partial charge is 0.492 e. The van der Waals surface area contributed by atoms with Gasteiger partial charge in [-0.3, -0.25) is 4.98 Å². The standard InChI is InChI=1S/C17H20N2OS/c1-2-7-20-14-8-13(10-19-11-14)17(18)16-9-12-5-3-4-6-15(12)21-16/h3-6,8,10-11,16-17H,2,7,9,18H2,1H3. The first-order valence-electron chi connectivity index (χ1n) is 7.36. The molecule has 1 aliphatic rings. The number of hydrogen-bond acceptors (Lipinski definition) is 4. The van der Waals surface area contributed by atoms with Gasteiger partial charge >= 0.3 is 0 Å². The molecule has 2 atom stereocenters. The van der Waals surface area contributed by atoms with Crippen molar-refractivity contribution in [3.8, 4) is 5.75 Å². The Morgan fingerprint density at radius 2 is 2.24 bits per heavy atom. The Labute approximate surface area is 129 Å². The van der Waals surface area contributed by atoms with Gasteiger partial charge in [0.1, 0.15) is 5.75 Å². The van der Waals surface area contributed by atoms with Crippen LogP contribution in [0.4, 0.5) is 0 Å². The summed E-state index contributed by atoms with van der Waals surface area (Å²) in [5.74, 6) is 0.810. The molecule has 0 spiro atoms. The molecule has 1 aliphatic heterocycles. The van der Waals surface area contributed by atoms with Crippen LogP contribution in [0.25, 0.3) is 0 Å². The number of benzene rings is 1. The summed E-state index contributed by atoms with van der Waals surface area (Å²) in [7, 11) is 0. The lowest BCUT2D eigenvalue weighted by Crippen LogP contribution is -2.23. The molecule has 2 heterocycles. The first-order chi connectivity index (χ1) is 10.3. The number of aromatic nitrogens is 1. The molecule has 1 aromatic carbocycles. The quantitative estimate of drug-likeness (QED) is 0.917.